The Bertz CT molecular complexity index is 1190. The van der Waals surface area contributed by atoms with Crippen molar-refractivity contribution in [2.45, 2.75) is 36.5 Å². The number of carbonyl (C=O) groups excluding carboxylic acids is 1. The standard InChI is InChI=1S/C22H23F2N3O4S/c1-21(13-32(29,30)22(20(25)27-21)6-8-31-9-7-22)16-10-14(2-4-17(16)24)11-19(28)18-5-3-15(23)12-26-18/h2-5,10,12H,6-9,11,13H2,1H3,(H2,25,27)/t21-/m0/s1. The van der Waals surface area contributed by atoms with Crippen LogP contribution < -0.4 is 5.73 Å². The number of amidine groups is 1. The number of rotatable bonds is 4. The molecule has 0 aliphatic carbocycles. The lowest BCUT2D eigenvalue weighted by Crippen LogP contribution is -2.60. The summed E-state index contributed by atoms with van der Waals surface area (Å²) in [5.41, 5.74) is 5.33. The van der Waals surface area contributed by atoms with Crippen LogP contribution in [0.15, 0.2) is 41.5 Å². The van der Waals surface area contributed by atoms with Crippen molar-refractivity contribution in [3.8, 4) is 0 Å². The van der Waals surface area contributed by atoms with E-state index in [0.717, 1.165) is 12.3 Å². The van der Waals surface area contributed by atoms with Gasteiger partial charge in [0.15, 0.2) is 15.6 Å². The zero-order chi connectivity index (χ0) is 23.1. The van der Waals surface area contributed by atoms with Crippen LogP contribution in [0.25, 0.3) is 0 Å². The highest BCUT2D eigenvalue weighted by atomic mass is 32.2. The van der Waals surface area contributed by atoms with Crippen LogP contribution in [-0.4, -0.2) is 48.7 Å². The second kappa shape index (κ2) is 8.00. The number of carbonyl (C=O) groups is 1. The fourth-order valence-corrected chi connectivity index (χ4v) is 6.77. The third-order valence-corrected chi connectivity index (χ3v) is 8.94. The lowest BCUT2D eigenvalue weighted by molar-refractivity contribution is 0.0875. The van der Waals surface area contributed by atoms with Crippen LogP contribution >= 0.6 is 0 Å². The number of Topliss-reactive ketones (excluding diaryl/α,β-unsaturated/α-hetero) is 1. The van der Waals surface area contributed by atoms with E-state index in [4.69, 9.17) is 10.5 Å². The van der Waals surface area contributed by atoms with Crippen molar-refractivity contribution in [2.24, 2.45) is 10.7 Å². The average molecular weight is 464 g/mol. The molecule has 10 heteroatoms. The summed E-state index contributed by atoms with van der Waals surface area (Å²) >= 11 is 0. The average Bonchev–Trinajstić information content (AvgIpc) is 2.74. The molecule has 0 amide bonds. The first-order valence-electron chi connectivity index (χ1n) is 10.2. The molecule has 0 unspecified atom stereocenters. The van der Waals surface area contributed by atoms with Gasteiger partial charge in [-0.1, -0.05) is 6.07 Å². The number of hydrogen-bond acceptors (Lipinski definition) is 7. The van der Waals surface area contributed by atoms with Crippen molar-refractivity contribution in [1.82, 2.24) is 4.98 Å². The molecular weight excluding hydrogens is 440 g/mol. The quantitative estimate of drug-likeness (QED) is 0.697. The number of halogens is 2. The number of aliphatic imine (C=N–C) groups is 1. The molecule has 1 atom stereocenters. The maximum absolute atomic E-state index is 14.9. The van der Waals surface area contributed by atoms with Gasteiger partial charge >= 0.3 is 0 Å². The van der Waals surface area contributed by atoms with Crippen molar-refractivity contribution in [1.29, 1.82) is 0 Å². The van der Waals surface area contributed by atoms with Gasteiger partial charge in [0.1, 0.15) is 33.4 Å². The molecular formula is C22H23F2N3O4S. The van der Waals surface area contributed by atoms with Crippen molar-refractivity contribution in [2.75, 3.05) is 19.0 Å². The Labute approximate surface area is 184 Å². The summed E-state index contributed by atoms with van der Waals surface area (Å²) in [5, 5.41) is 0. The van der Waals surface area contributed by atoms with Crippen molar-refractivity contribution in [3.63, 3.8) is 0 Å². The summed E-state index contributed by atoms with van der Waals surface area (Å²) in [5.74, 6) is -2.03. The molecule has 1 saturated heterocycles. The highest BCUT2D eigenvalue weighted by Crippen LogP contribution is 2.42. The SMILES string of the molecule is C[C@@]1(c2cc(CC(=O)c3ccc(F)cn3)ccc2F)CS(=O)(=O)C2(CCOCC2)C(N)=N1. The molecule has 1 aromatic carbocycles. The predicted molar refractivity (Wildman–Crippen MR) is 114 cm³/mol. The second-order valence-corrected chi connectivity index (χ2v) is 10.7. The van der Waals surface area contributed by atoms with E-state index in [1.165, 1.54) is 31.2 Å². The minimum atomic E-state index is -3.77. The van der Waals surface area contributed by atoms with E-state index in [9.17, 15) is 22.0 Å². The third-order valence-electron chi connectivity index (χ3n) is 6.19. The highest BCUT2D eigenvalue weighted by Gasteiger charge is 2.55. The van der Waals surface area contributed by atoms with E-state index in [0.29, 0.717) is 5.56 Å². The Balaban J connectivity index is 1.69. The molecule has 170 valence electrons. The Morgan fingerprint density at radius 3 is 2.53 bits per heavy atom. The van der Waals surface area contributed by atoms with E-state index in [1.807, 2.05) is 0 Å². The Hall–Kier alpha value is -2.72. The molecule has 2 aliphatic heterocycles. The molecule has 32 heavy (non-hydrogen) atoms. The van der Waals surface area contributed by atoms with Crippen LogP contribution in [0.5, 0.6) is 0 Å². The summed E-state index contributed by atoms with van der Waals surface area (Å²) in [4.78, 5) is 20.8. The summed E-state index contributed by atoms with van der Waals surface area (Å²) in [6.45, 7) is 2.04. The van der Waals surface area contributed by atoms with Gasteiger partial charge < -0.3 is 10.5 Å². The van der Waals surface area contributed by atoms with Crippen LogP contribution in [0.4, 0.5) is 8.78 Å². The number of ketones is 1. The molecule has 2 aromatic rings. The van der Waals surface area contributed by atoms with Crippen LogP contribution in [0.3, 0.4) is 0 Å². The first-order valence-corrected chi connectivity index (χ1v) is 11.8. The van der Waals surface area contributed by atoms with Gasteiger partial charge in [0.2, 0.25) is 0 Å². The lowest BCUT2D eigenvalue weighted by atomic mass is 9.89. The van der Waals surface area contributed by atoms with Gasteiger partial charge in [-0.15, -0.1) is 0 Å². The van der Waals surface area contributed by atoms with Gasteiger partial charge in [0.05, 0.1) is 11.9 Å². The van der Waals surface area contributed by atoms with E-state index >= 15 is 0 Å². The lowest BCUT2D eigenvalue weighted by Gasteiger charge is -2.43. The third kappa shape index (κ3) is 3.81. The van der Waals surface area contributed by atoms with Crippen LogP contribution in [0.2, 0.25) is 0 Å². The van der Waals surface area contributed by atoms with E-state index in [2.05, 4.69) is 9.98 Å². The molecule has 0 bridgehead atoms. The largest absolute Gasteiger partial charge is 0.386 e. The minimum absolute atomic E-state index is 0.0362. The Morgan fingerprint density at radius 1 is 1.19 bits per heavy atom. The predicted octanol–water partition coefficient (Wildman–Crippen LogP) is 2.34. The van der Waals surface area contributed by atoms with Gasteiger partial charge in [-0.2, -0.15) is 0 Å². The maximum atomic E-state index is 14.9. The van der Waals surface area contributed by atoms with E-state index in [1.54, 1.807) is 0 Å². The summed E-state index contributed by atoms with van der Waals surface area (Å²) in [6, 6.07) is 6.46. The molecule has 3 heterocycles. The molecule has 2 N–H and O–H groups in total. The van der Waals surface area contributed by atoms with E-state index < -0.39 is 37.5 Å². The smallest absolute Gasteiger partial charge is 0.185 e. The van der Waals surface area contributed by atoms with Crippen LogP contribution in [0, 0.1) is 11.6 Å². The maximum Gasteiger partial charge on any atom is 0.185 e. The molecule has 2 aliphatic rings. The zero-order valence-corrected chi connectivity index (χ0v) is 18.3. The van der Waals surface area contributed by atoms with Gasteiger partial charge in [-0.3, -0.25) is 14.8 Å². The van der Waals surface area contributed by atoms with Crippen molar-refractivity contribution in [3.05, 3.63) is 65.0 Å². The fourth-order valence-electron chi connectivity index (χ4n) is 4.39. The summed E-state index contributed by atoms with van der Waals surface area (Å²) in [6.07, 6.45) is 1.25. The topological polar surface area (TPSA) is 112 Å². The molecule has 0 radical (unpaired) electrons. The molecule has 1 aromatic heterocycles. The number of ether oxygens (including phenoxy) is 1. The summed E-state index contributed by atoms with van der Waals surface area (Å²) < 4.78 is 58.5. The molecule has 1 fully saturated rings. The first-order chi connectivity index (χ1) is 15.1. The fraction of sp³-hybridized carbons (Fsp3) is 0.409. The molecule has 7 nitrogen and oxygen atoms in total. The normalized spacial score (nSPS) is 24.2. The molecule has 4 rings (SSSR count). The molecule has 1 spiro atoms. The number of aromatic nitrogens is 1. The number of sulfone groups is 1. The number of hydrogen-bond donors (Lipinski definition) is 1. The van der Waals surface area contributed by atoms with Gasteiger partial charge in [0, 0.05) is 25.2 Å². The van der Waals surface area contributed by atoms with Gasteiger partial charge in [-0.25, -0.2) is 17.2 Å². The van der Waals surface area contributed by atoms with Crippen LogP contribution in [-0.2, 0) is 26.5 Å². The highest BCUT2D eigenvalue weighted by molar-refractivity contribution is 7.93. The number of benzene rings is 1. The first kappa shape index (κ1) is 22.5. The van der Waals surface area contributed by atoms with Gasteiger partial charge in [-0.05, 0) is 49.6 Å². The van der Waals surface area contributed by atoms with Gasteiger partial charge in [0.25, 0.3) is 0 Å². The van der Waals surface area contributed by atoms with E-state index in [-0.39, 0.29) is 55.4 Å². The number of nitrogens with zero attached hydrogens (tertiary/aromatic N) is 2. The zero-order valence-electron chi connectivity index (χ0n) is 17.5. The minimum Gasteiger partial charge on any atom is -0.386 e. The monoisotopic (exact) mass is 463 g/mol. The number of nitrogens with two attached hydrogens (primary N) is 1. The second-order valence-electron chi connectivity index (χ2n) is 8.41. The molecule has 0 saturated carbocycles. The Morgan fingerprint density at radius 2 is 1.91 bits per heavy atom. The van der Waals surface area contributed by atoms with Crippen LogP contribution in [0.1, 0.15) is 41.4 Å². The number of pyridine rings is 1. The van der Waals surface area contributed by atoms with Crippen molar-refractivity contribution >= 4 is 21.5 Å². The van der Waals surface area contributed by atoms with Crippen molar-refractivity contribution < 1.29 is 26.7 Å². The Kier molecular flexibility index (Phi) is 5.62. The summed E-state index contributed by atoms with van der Waals surface area (Å²) in [7, 11) is -3.77.